The highest BCUT2D eigenvalue weighted by Gasteiger charge is 2.62. The van der Waals surface area contributed by atoms with E-state index in [9.17, 15) is 14.0 Å². The van der Waals surface area contributed by atoms with Crippen molar-refractivity contribution in [1.29, 1.82) is 0 Å². The summed E-state index contributed by atoms with van der Waals surface area (Å²) < 4.78 is 29.4. The quantitative estimate of drug-likeness (QED) is 0.618. The summed E-state index contributed by atoms with van der Waals surface area (Å²) in [5.74, 6) is -0.0848. The van der Waals surface area contributed by atoms with Crippen LogP contribution in [0.25, 0.3) is 0 Å². The lowest BCUT2D eigenvalue weighted by atomic mass is 9.47. The van der Waals surface area contributed by atoms with Crippen LogP contribution in [0, 0.1) is 40.3 Å². The van der Waals surface area contributed by atoms with Crippen LogP contribution >= 0.6 is 0 Å². The molecule has 196 valence electrons. The maximum atomic E-state index is 15.6. The molecule has 8 atom stereocenters. The molecule has 1 aromatic heterocycles. The van der Waals surface area contributed by atoms with Crippen LogP contribution < -0.4 is 5.32 Å². The molecule has 1 aliphatic heterocycles. The van der Waals surface area contributed by atoms with Gasteiger partial charge in [-0.15, -0.1) is 0 Å². The highest BCUT2D eigenvalue weighted by atomic mass is 32.8. The predicted molar refractivity (Wildman–Crippen MR) is 139 cm³/mol. The molecule has 36 heavy (non-hydrogen) atoms. The second-order valence-electron chi connectivity index (χ2n) is 11.4. The number of carbonyl (C=O) groups excluding carboxylic acids is 2. The van der Waals surface area contributed by atoms with Gasteiger partial charge in [0.05, 0.1) is 12.2 Å². The van der Waals surface area contributed by atoms with Gasteiger partial charge in [0.25, 0.3) is 5.91 Å². The number of hydrogen-bond acceptors (Lipinski definition) is 5. The SMILES string of the molecule is CN1C(=O)C=CC2(C)C3CCC4(C)C(C(F)C(=O)NCc5ncccc5F)CCC4C3CCC12.S=S. The number of likely N-dealkylation sites (N-methyl/N-ethyl adjacent to an activating group) is 1. The maximum absolute atomic E-state index is 15.6. The third kappa shape index (κ3) is 4.40. The number of aromatic nitrogens is 1. The molecular weight excluding hydrogens is 500 g/mol. The number of pyridine rings is 1. The minimum Gasteiger partial charge on any atom is -0.348 e. The van der Waals surface area contributed by atoms with Crippen molar-refractivity contribution >= 4 is 34.2 Å². The molecule has 0 spiro atoms. The van der Waals surface area contributed by atoms with Crippen molar-refractivity contribution in [1.82, 2.24) is 15.2 Å². The number of rotatable bonds is 4. The van der Waals surface area contributed by atoms with Crippen LogP contribution in [-0.4, -0.2) is 41.0 Å². The normalized spacial score (nSPS) is 37.6. The van der Waals surface area contributed by atoms with Crippen LogP contribution in [0.2, 0.25) is 0 Å². The van der Waals surface area contributed by atoms with Crippen molar-refractivity contribution in [3.05, 3.63) is 42.0 Å². The van der Waals surface area contributed by atoms with E-state index in [0.717, 1.165) is 32.1 Å². The van der Waals surface area contributed by atoms with E-state index in [-0.39, 0.29) is 40.9 Å². The molecule has 1 aromatic rings. The first kappa shape index (κ1) is 27.2. The van der Waals surface area contributed by atoms with Crippen LogP contribution in [0.1, 0.15) is 58.1 Å². The van der Waals surface area contributed by atoms with Gasteiger partial charge in [-0.25, -0.2) is 8.78 Å². The number of fused-ring (bicyclic) bond motifs is 5. The molecule has 0 radical (unpaired) electrons. The first-order chi connectivity index (χ1) is 17.2. The summed E-state index contributed by atoms with van der Waals surface area (Å²) in [6.45, 7) is 4.37. The lowest BCUT2D eigenvalue weighted by Gasteiger charge is -2.60. The summed E-state index contributed by atoms with van der Waals surface area (Å²) in [6, 6.07) is 2.99. The number of hydrogen-bond donors (Lipinski definition) is 1. The Morgan fingerprint density at radius 2 is 1.97 bits per heavy atom. The first-order valence-corrected chi connectivity index (χ1v) is 14.1. The second-order valence-corrected chi connectivity index (χ2v) is 11.4. The van der Waals surface area contributed by atoms with E-state index in [0.29, 0.717) is 24.2 Å². The number of alkyl halides is 1. The Morgan fingerprint density at radius 1 is 1.22 bits per heavy atom. The summed E-state index contributed by atoms with van der Waals surface area (Å²) in [4.78, 5) is 30.9. The van der Waals surface area contributed by atoms with Crippen molar-refractivity contribution < 1.29 is 18.4 Å². The van der Waals surface area contributed by atoms with Gasteiger partial charge in [-0.3, -0.25) is 14.6 Å². The third-order valence-corrected chi connectivity index (χ3v) is 10.1. The molecule has 2 heterocycles. The predicted octanol–water partition coefficient (Wildman–Crippen LogP) is 4.43. The molecule has 3 saturated carbocycles. The van der Waals surface area contributed by atoms with Gasteiger partial charge in [-0.1, -0.05) is 19.9 Å². The number of amides is 2. The summed E-state index contributed by atoms with van der Waals surface area (Å²) in [6.07, 6.45) is 9.26. The van der Waals surface area contributed by atoms with Crippen LogP contribution in [0.4, 0.5) is 8.78 Å². The highest BCUT2D eigenvalue weighted by Crippen LogP contribution is 2.66. The largest absolute Gasteiger partial charge is 0.348 e. The van der Waals surface area contributed by atoms with Gasteiger partial charge >= 0.3 is 0 Å². The van der Waals surface area contributed by atoms with E-state index in [1.54, 1.807) is 6.08 Å². The molecule has 5 nitrogen and oxygen atoms in total. The van der Waals surface area contributed by atoms with E-state index < -0.39 is 17.9 Å². The standard InChI is InChI=1S/C27H35F2N3O2.S2/c1-26-12-10-18-16(6-9-22-27(18,2)13-11-23(33)32(22)3)17(26)7-8-19(26)24(29)25(34)31-15-21-20(28)5-4-14-30-21;1-2/h4-5,11,13-14,16-19,22,24H,6-10,12,15H2,1-3H3,(H,31,34);. The van der Waals surface area contributed by atoms with E-state index in [1.165, 1.54) is 18.3 Å². The van der Waals surface area contributed by atoms with Gasteiger partial charge in [0.15, 0.2) is 6.17 Å². The van der Waals surface area contributed by atoms with Gasteiger partial charge in [0, 0.05) is 53.0 Å². The minimum atomic E-state index is -1.61. The Morgan fingerprint density at radius 3 is 2.69 bits per heavy atom. The maximum Gasteiger partial charge on any atom is 0.255 e. The summed E-state index contributed by atoms with van der Waals surface area (Å²) >= 11 is 7.33. The monoisotopic (exact) mass is 535 g/mol. The smallest absolute Gasteiger partial charge is 0.255 e. The Hall–Kier alpha value is -1.87. The van der Waals surface area contributed by atoms with Crippen molar-refractivity contribution in [3.63, 3.8) is 0 Å². The Kier molecular flexibility index (Phi) is 7.91. The minimum absolute atomic E-state index is 0.0513. The molecular formula is C27H35F2N3O2S2. The molecule has 0 saturated heterocycles. The molecule has 2 amide bonds. The highest BCUT2D eigenvalue weighted by molar-refractivity contribution is 8.07. The number of halogens is 2. The van der Waals surface area contributed by atoms with Crippen molar-refractivity contribution in [3.8, 4) is 0 Å². The zero-order valence-electron chi connectivity index (χ0n) is 21.1. The number of nitrogens with one attached hydrogen (secondary N) is 1. The molecule has 3 aliphatic carbocycles. The fourth-order valence-electron chi connectivity index (χ4n) is 8.26. The average molecular weight is 536 g/mol. The fraction of sp³-hybridized carbons (Fsp3) is 0.667. The Labute approximate surface area is 222 Å². The summed E-state index contributed by atoms with van der Waals surface area (Å²) in [5.41, 5.74) is -0.158. The molecule has 3 fully saturated rings. The van der Waals surface area contributed by atoms with Gasteiger partial charge in [-0.2, -0.15) is 0 Å². The van der Waals surface area contributed by atoms with E-state index >= 15 is 4.39 Å². The van der Waals surface area contributed by atoms with Crippen LogP contribution in [0.5, 0.6) is 0 Å². The van der Waals surface area contributed by atoms with E-state index in [4.69, 9.17) is 0 Å². The van der Waals surface area contributed by atoms with Crippen molar-refractivity contribution in [2.45, 2.75) is 71.1 Å². The average Bonchev–Trinajstić information content (AvgIpc) is 3.24. The zero-order valence-corrected chi connectivity index (χ0v) is 22.7. The van der Waals surface area contributed by atoms with Gasteiger partial charge < -0.3 is 10.2 Å². The van der Waals surface area contributed by atoms with Gasteiger partial charge in [-0.05, 0) is 79.9 Å². The van der Waals surface area contributed by atoms with Crippen LogP contribution in [0.15, 0.2) is 30.5 Å². The first-order valence-electron chi connectivity index (χ1n) is 12.8. The van der Waals surface area contributed by atoms with Crippen molar-refractivity contribution in [2.24, 2.45) is 34.5 Å². The number of nitrogens with zero attached hydrogens (tertiary/aromatic N) is 2. The topological polar surface area (TPSA) is 62.3 Å². The third-order valence-electron chi connectivity index (χ3n) is 10.1. The van der Waals surface area contributed by atoms with Crippen LogP contribution in [0.3, 0.4) is 0 Å². The molecule has 9 heteroatoms. The molecule has 4 aliphatic rings. The van der Waals surface area contributed by atoms with Crippen molar-refractivity contribution in [2.75, 3.05) is 7.05 Å². The molecule has 0 aromatic carbocycles. The summed E-state index contributed by atoms with van der Waals surface area (Å²) in [7, 11) is 1.91. The van der Waals surface area contributed by atoms with E-state index in [1.807, 2.05) is 11.9 Å². The Bertz CT molecular complexity index is 1040. The van der Waals surface area contributed by atoms with E-state index in [2.05, 4.69) is 52.6 Å². The fourth-order valence-corrected chi connectivity index (χ4v) is 8.26. The lowest BCUT2D eigenvalue weighted by Crippen LogP contribution is -2.60. The van der Waals surface area contributed by atoms with Crippen LogP contribution in [-0.2, 0) is 38.5 Å². The zero-order chi connectivity index (χ0) is 26.3. The second kappa shape index (κ2) is 10.5. The van der Waals surface area contributed by atoms with Gasteiger partial charge in [0.1, 0.15) is 5.82 Å². The molecule has 5 rings (SSSR count). The number of carbonyl (C=O) groups is 2. The Balaban J connectivity index is 0.00000148. The lowest BCUT2D eigenvalue weighted by molar-refractivity contribution is -0.141. The molecule has 1 N–H and O–H groups in total. The molecule has 0 bridgehead atoms. The summed E-state index contributed by atoms with van der Waals surface area (Å²) in [5, 5.41) is 2.57. The van der Waals surface area contributed by atoms with Gasteiger partial charge in [0.2, 0.25) is 5.91 Å². The molecule has 8 unspecified atom stereocenters.